The summed E-state index contributed by atoms with van der Waals surface area (Å²) in [4.78, 5) is 23.5. The first kappa shape index (κ1) is 17.7. The molecule has 0 radical (unpaired) electrons. The standard InChI is InChI=1S/C16H20N2O6S/c1-24-12-7-4-10(8-13(12)25(22,23)18-11-5-6-11)15(19)17-14(16(20)21)9-2-3-9/h4,7-9,11,14,18H,2-3,5-6H2,1H3,(H,17,19)(H,20,21). The van der Waals surface area contributed by atoms with E-state index >= 15 is 0 Å². The summed E-state index contributed by atoms with van der Waals surface area (Å²) in [6.07, 6.45) is 3.07. The van der Waals surface area contributed by atoms with Crippen molar-refractivity contribution in [2.45, 2.75) is 42.7 Å². The molecule has 0 spiro atoms. The molecule has 1 amide bonds. The van der Waals surface area contributed by atoms with Crippen LogP contribution in [0.3, 0.4) is 0 Å². The van der Waals surface area contributed by atoms with E-state index in [1.807, 2.05) is 0 Å². The SMILES string of the molecule is COc1ccc(C(=O)NC(C(=O)O)C2CC2)cc1S(=O)(=O)NC1CC1. The molecule has 1 unspecified atom stereocenters. The molecular weight excluding hydrogens is 348 g/mol. The molecule has 9 heteroatoms. The third-order valence-electron chi connectivity index (χ3n) is 4.26. The van der Waals surface area contributed by atoms with Crippen molar-refractivity contribution in [2.24, 2.45) is 5.92 Å². The third kappa shape index (κ3) is 4.10. The number of methoxy groups -OCH3 is 1. The van der Waals surface area contributed by atoms with Crippen LogP contribution >= 0.6 is 0 Å². The highest BCUT2D eigenvalue weighted by Gasteiger charge is 2.37. The fraction of sp³-hybridized carbons (Fsp3) is 0.500. The average molecular weight is 368 g/mol. The van der Waals surface area contributed by atoms with E-state index in [0.717, 1.165) is 25.7 Å². The van der Waals surface area contributed by atoms with E-state index in [4.69, 9.17) is 4.74 Å². The summed E-state index contributed by atoms with van der Waals surface area (Å²) >= 11 is 0. The smallest absolute Gasteiger partial charge is 0.326 e. The molecule has 0 aromatic heterocycles. The molecule has 3 rings (SSSR count). The van der Waals surface area contributed by atoms with E-state index in [1.165, 1.54) is 25.3 Å². The number of hydrogen-bond acceptors (Lipinski definition) is 5. The summed E-state index contributed by atoms with van der Waals surface area (Å²) in [7, 11) is -2.47. The maximum absolute atomic E-state index is 12.5. The quantitative estimate of drug-likeness (QED) is 0.622. The number of carboxylic acids is 1. The largest absolute Gasteiger partial charge is 0.495 e. The van der Waals surface area contributed by atoms with E-state index in [2.05, 4.69) is 10.0 Å². The van der Waals surface area contributed by atoms with Gasteiger partial charge in [0.1, 0.15) is 16.7 Å². The van der Waals surface area contributed by atoms with Crippen LogP contribution in [0.4, 0.5) is 0 Å². The van der Waals surface area contributed by atoms with Crippen LogP contribution in [0.25, 0.3) is 0 Å². The molecule has 8 nitrogen and oxygen atoms in total. The Hall–Kier alpha value is -2.13. The summed E-state index contributed by atoms with van der Waals surface area (Å²) in [6, 6.07) is 2.97. The molecule has 0 heterocycles. The van der Waals surface area contributed by atoms with Crippen molar-refractivity contribution in [3.8, 4) is 5.75 Å². The zero-order chi connectivity index (χ0) is 18.2. The van der Waals surface area contributed by atoms with Gasteiger partial charge in [-0.15, -0.1) is 0 Å². The molecule has 2 saturated carbocycles. The fourth-order valence-corrected chi connectivity index (χ4v) is 4.05. The third-order valence-corrected chi connectivity index (χ3v) is 5.80. The molecule has 0 saturated heterocycles. The predicted molar refractivity (Wildman–Crippen MR) is 88.0 cm³/mol. The lowest BCUT2D eigenvalue weighted by Gasteiger charge is -2.15. The Labute approximate surface area is 145 Å². The van der Waals surface area contributed by atoms with Crippen LogP contribution in [0.15, 0.2) is 23.1 Å². The molecule has 2 fully saturated rings. The van der Waals surface area contributed by atoms with E-state index in [-0.39, 0.29) is 28.2 Å². The second-order valence-corrected chi connectivity index (χ2v) is 8.07. The number of sulfonamides is 1. The number of nitrogens with one attached hydrogen (secondary N) is 2. The van der Waals surface area contributed by atoms with Crippen molar-refractivity contribution >= 4 is 21.9 Å². The number of carbonyl (C=O) groups is 2. The van der Waals surface area contributed by atoms with Gasteiger partial charge in [-0.3, -0.25) is 4.79 Å². The van der Waals surface area contributed by atoms with Crippen molar-refractivity contribution in [1.82, 2.24) is 10.0 Å². The topological polar surface area (TPSA) is 122 Å². The Kier molecular flexibility index (Phi) is 4.70. The molecule has 136 valence electrons. The van der Waals surface area contributed by atoms with Gasteiger partial charge in [0.15, 0.2) is 0 Å². The fourth-order valence-electron chi connectivity index (χ4n) is 2.55. The molecule has 1 aromatic rings. The van der Waals surface area contributed by atoms with Crippen LogP contribution in [-0.2, 0) is 14.8 Å². The van der Waals surface area contributed by atoms with Gasteiger partial charge in [0.2, 0.25) is 10.0 Å². The Morgan fingerprint density at radius 3 is 2.44 bits per heavy atom. The van der Waals surface area contributed by atoms with E-state index in [0.29, 0.717) is 0 Å². The number of benzene rings is 1. The van der Waals surface area contributed by atoms with Crippen LogP contribution in [0.1, 0.15) is 36.0 Å². The van der Waals surface area contributed by atoms with Gasteiger partial charge in [0.05, 0.1) is 7.11 Å². The Morgan fingerprint density at radius 2 is 1.92 bits per heavy atom. The summed E-state index contributed by atoms with van der Waals surface area (Å²) in [6.45, 7) is 0. The minimum absolute atomic E-state index is 0.0700. The maximum Gasteiger partial charge on any atom is 0.326 e. The number of aliphatic carboxylic acids is 1. The monoisotopic (exact) mass is 368 g/mol. The normalized spacial score (nSPS) is 18.4. The minimum atomic E-state index is -3.82. The van der Waals surface area contributed by atoms with Crippen LogP contribution in [0, 0.1) is 5.92 Å². The maximum atomic E-state index is 12.5. The van der Waals surface area contributed by atoms with Crippen molar-refractivity contribution in [1.29, 1.82) is 0 Å². The summed E-state index contributed by atoms with van der Waals surface area (Å²) in [5.41, 5.74) is 0.0730. The first-order chi connectivity index (χ1) is 11.8. The zero-order valence-corrected chi connectivity index (χ0v) is 14.5. The number of carbonyl (C=O) groups excluding carboxylic acids is 1. The molecular formula is C16H20N2O6S. The molecule has 2 aliphatic rings. The molecule has 2 aliphatic carbocycles. The van der Waals surface area contributed by atoms with Crippen LogP contribution in [-0.4, -0.2) is 44.6 Å². The number of hydrogen-bond donors (Lipinski definition) is 3. The van der Waals surface area contributed by atoms with Crippen molar-refractivity contribution in [3.05, 3.63) is 23.8 Å². The van der Waals surface area contributed by atoms with Crippen molar-refractivity contribution in [3.63, 3.8) is 0 Å². The molecule has 1 aromatic carbocycles. The van der Waals surface area contributed by atoms with Gasteiger partial charge in [0, 0.05) is 11.6 Å². The van der Waals surface area contributed by atoms with Crippen molar-refractivity contribution in [2.75, 3.05) is 7.11 Å². The summed E-state index contributed by atoms with van der Waals surface area (Å²) in [5, 5.41) is 11.7. The van der Waals surface area contributed by atoms with E-state index in [9.17, 15) is 23.1 Å². The number of rotatable bonds is 8. The lowest BCUT2D eigenvalue weighted by molar-refractivity contribution is -0.139. The Balaban J connectivity index is 1.85. The van der Waals surface area contributed by atoms with Crippen LogP contribution in [0.2, 0.25) is 0 Å². The highest BCUT2D eigenvalue weighted by molar-refractivity contribution is 7.89. The van der Waals surface area contributed by atoms with Gasteiger partial charge < -0.3 is 15.2 Å². The predicted octanol–water partition coefficient (Wildman–Crippen LogP) is 0.729. The first-order valence-corrected chi connectivity index (χ1v) is 9.54. The lowest BCUT2D eigenvalue weighted by Crippen LogP contribution is -2.42. The molecule has 25 heavy (non-hydrogen) atoms. The molecule has 3 N–H and O–H groups in total. The van der Waals surface area contributed by atoms with E-state index < -0.39 is 27.9 Å². The number of ether oxygens (including phenoxy) is 1. The molecule has 0 aliphatic heterocycles. The minimum Gasteiger partial charge on any atom is -0.495 e. The lowest BCUT2D eigenvalue weighted by atomic mass is 10.1. The molecule has 1 atom stereocenters. The first-order valence-electron chi connectivity index (χ1n) is 8.06. The highest BCUT2D eigenvalue weighted by atomic mass is 32.2. The number of amides is 1. The second kappa shape index (κ2) is 6.64. The van der Waals surface area contributed by atoms with Crippen LogP contribution < -0.4 is 14.8 Å². The second-order valence-electron chi connectivity index (χ2n) is 6.39. The van der Waals surface area contributed by atoms with Crippen LogP contribution in [0.5, 0.6) is 5.75 Å². The Bertz CT molecular complexity index is 799. The van der Waals surface area contributed by atoms with Gasteiger partial charge in [0.25, 0.3) is 5.91 Å². The zero-order valence-electron chi connectivity index (χ0n) is 13.7. The van der Waals surface area contributed by atoms with Gasteiger partial charge in [-0.2, -0.15) is 0 Å². The summed E-state index contributed by atoms with van der Waals surface area (Å²) in [5.74, 6) is -1.65. The Morgan fingerprint density at radius 1 is 1.24 bits per heavy atom. The highest BCUT2D eigenvalue weighted by Crippen LogP contribution is 2.33. The number of carboxylic acid groups (broad SMARTS) is 1. The molecule has 0 bridgehead atoms. The van der Waals surface area contributed by atoms with Gasteiger partial charge in [-0.1, -0.05) is 0 Å². The van der Waals surface area contributed by atoms with Gasteiger partial charge >= 0.3 is 5.97 Å². The van der Waals surface area contributed by atoms with E-state index in [1.54, 1.807) is 0 Å². The van der Waals surface area contributed by atoms with Gasteiger partial charge in [-0.05, 0) is 49.8 Å². The van der Waals surface area contributed by atoms with Gasteiger partial charge in [-0.25, -0.2) is 17.9 Å². The van der Waals surface area contributed by atoms with Crippen molar-refractivity contribution < 1.29 is 27.9 Å². The average Bonchev–Trinajstić information content (AvgIpc) is 3.45. The summed E-state index contributed by atoms with van der Waals surface area (Å²) < 4.78 is 32.6.